The van der Waals surface area contributed by atoms with Gasteiger partial charge in [0, 0.05) is 19.2 Å². The molecule has 0 aromatic carbocycles. The van der Waals surface area contributed by atoms with Gasteiger partial charge in [0.15, 0.2) is 0 Å². The second kappa shape index (κ2) is 6.42. The summed E-state index contributed by atoms with van der Waals surface area (Å²) < 4.78 is 0. The lowest BCUT2D eigenvalue weighted by molar-refractivity contribution is 0.0952. The molecule has 0 fully saturated rings. The highest BCUT2D eigenvalue weighted by molar-refractivity contribution is 5.93. The lowest BCUT2D eigenvalue weighted by Crippen LogP contribution is -2.24. The lowest BCUT2D eigenvalue weighted by atomic mass is 10.3. The molecule has 1 aromatic rings. The number of anilines is 1. The third-order valence-electron chi connectivity index (χ3n) is 1.91. The van der Waals surface area contributed by atoms with Gasteiger partial charge in [0.05, 0.1) is 0 Å². The highest BCUT2D eigenvalue weighted by atomic mass is 16.1. The van der Waals surface area contributed by atoms with E-state index in [2.05, 4.69) is 33.8 Å². The molecule has 0 atom stereocenters. The van der Waals surface area contributed by atoms with Gasteiger partial charge in [-0.25, -0.2) is 9.97 Å². The van der Waals surface area contributed by atoms with E-state index in [0.29, 0.717) is 30.4 Å². The topological polar surface area (TPSA) is 66.9 Å². The summed E-state index contributed by atoms with van der Waals surface area (Å²) in [7, 11) is 0. The highest BCUT2D eigenvalue weighted by Crippen LogP contribution is 2.06. The van der Waals surface area contributed by atoms with Crippen LogP contribution in [-0.4, -0.2) is 29.0 Å². The maximum Gasteiger partial charge on any atom is 0.270 e. The number of aromatic nitrogens is 2. The molecule has 1 amide bonds. The molecule has 0 saturated carbocycles. The Morgan fingerprint density at radius 1 is 1.35 bits per heavy atom. The van der Waals surface area contributed by atoms with Gasteiger partial charge in [-0.1, -0.05) is 12.2 Å². The SMILES string of the molecule is C=CCNC(=O)c1cc(NCC=C)nc(C)n1. The number of carbonyl (C=O) groups is 1. The first-order valence-electron chi connectivity index (χ1n) is 5.27. The predicted molar refractivity (Wildman–Crippen MR) is 68.0 cm³/mol. The number of nitrogens with zero attached hydrogens (tertiary/aromatic N) is 2. The van der Waals surface area contributed by atoms with Crippen molar-refractivity contribution in [2.75, 3.05) is 18.4 Å². The standard InChI is InChI=1S/C12H16N4O/c1-4-6-13-11-8-10(15-9(3)16-11)12(17)14-7-5-2/h4-5,8H,1-2,6-7H2,3H3,(H,14,17)(H,13,15,16). The molecule has 5 nitrogen and oxygen atoms in total. The van der Waals surface area contributed by atoms with E-state index < -0.39 is 0 Å². The van der Waals surface area contributed by atoms with Crippen molar-refractivity contribution in [3.63, 3.8) is 0 Å². The lowest BCUT2D eigenvalue weighted by Gasteiger charge is -2.06. The Bertz CT molecular complexity index is 429. The van der Waals surface area contributed by atoms with Crippen LogP contribution >= 0.6 is 0 Å². The molecule has 0 aliphatic heterocycles. The van der Waals surface area contributed by atoms with E-state index >= 15 is 0 Å². The molecule has 0 bridgehead atoms. The molecule has 2 N–H and O–H groups in total. The van der Waals surface area contributed by atoms with Crippen molar-refractivity contribution in [1.82, 2.24) is 15.3 Å². The Morgan fingerprint density at radius 2 is 2.06 bits per heavy atom. The average molecular weight is 232 g/mol. The normalized spacial score (nSPS) is 9.47. The summed E-state index contributed by atoms with van der Waals surface area (Å²) in [5, 5.41) is 5.68. The van der Waals surface area contributed by atoms with Gasteiger partial charge in [0.1, 0.15) is 17.3 Å². The predicted octanol–water partition coefficient (Wildman–Crippen LogP) is 1.30. The van der Waals surface area contributed by atoms with E-state index in [0.717, 1.165) is 0 Å². The van der Waals surface area contributed by atoms with Crippen LogP contribution in [0.2, 0.25) is 0 Å². The van der Waals surface area contributed by atoms with Gasteiger partial charge in [-0.15, -0.1) is 13.2 Å². The fraction of sp³-hybridized carbons (Fsp3) is 0.250. The van der Waals surface area contributed by atoms with Crippen LogP contribution in [0.5, 0.6) is 0 Å². The van der Waals surface area contributed by atoms with Crippen LogP contribution in [0.1, 0.15) is 16.3 Å². The Kier molecular flexibility index (Phi) is 4.87. The summed E-state index contributed by atoms with van der Waals surface area (Å²) in [6.07, 6.45) is 3.33. The summed E-state index contributed by atoms with van der Waals surface area (Å²) in [4.78, 5) is 19.9. The first-order valence-corrected chi connectivity index (χ1v) is 5.27. The minimum Gasteiger partial charge on any atom is -0.366 e. The van der Waals surface area contributed by atoms with Crippen molar-refractivity contribution in [3.8, 4) is 0 Å². The molecule has 0 aliphatic rings. The summed E-state index contributed by atoms with van der Waals surface area (Å²) in [6.45, 7) is 9.87. The minimum atomic E-state index is -0.239. The van der Waals surface area contributed by atoms with Crippen LogP contribution < -0.4 is 10.6 Å². The quantitative estimate of drug-likeness (QED) is 0.725. The van der Waals surface area contributed by atoms with Crippen molar-refractivity contribution < 1.29 is 4.79 Å². The number of hydrogen-bond acceptors (Lipinski definition) is 4. The van der Waals surface area contributed by atoms with Crippen LogP contribution in [0.3, 0.4) is 0 Å². The molecule has 0 saturated heterocycles. The maximum absolute atomic E-state index is 11.7. The van der Waals surface area contributed by atoms with Crippen molar-refractivity contribution in [1.29, 1.82) is 0 Å². The van der Waals surface area contributed by atoms with Gasteiger partial charge in [-0.2, -0.15) is 0 Å². The van der Waals surface area contributed by atoms with E-state index in [-0.39, 0.29) is 5.91 Å². The smallest absolute Gasteiger partial charge is 0.270 e. The average Bonchev–Trinajstić information content (AvgIpc) is 2.32. The van der Waals surface area contributed by atoms with Gasteiger partial charge in [0.25, 0.3) is 5.91 Å². The van der Waals surface area contributed by atoms with Gasteiger partial charge < -0.3 is 10.6 Å². The molecule has 17 heavy (non-hydrogen) atoms. The van der Waals surface area contributed by atoms with Crippen molar-refractivity contribution in [3.05, 3.63) is 42.9 Å². The van der Waals surface area contributed by atoms with Crippen LogP contribution in [0.25, 0.3) is 0 Å². The van der Waals surface area contributed by atoms with E-state index in [1.54, 1.807) is 25.1 Å². The first-order chi connectivity index (χ1) is 8.17. The Labute approximate surface area is 101 Å². The zero-order valence-corrected chi connectivity index (χ0v) is 9.86. The number of rotatable bonds is 6. The zero-order chi connectivity index (χ0) is 12.7. The van der Waals surface area contributed by atoms with Crippen LogP contribution in [0, 0.1) is 6.92 Å². The van der Waals surface area contributed by atoms with E-state index in [9.17, 15) is 4.79 Å². The second-order valence-electron chi connectivity index (χ2n) is 3.35. The third-order valence-corrected chi connectivity index (χ3v) is 1.91. The molecule has 1 aromatic heterocycles. The third kappa shape index (κ3) is 4.06. The van der Waals surface area contributed by atoms with E-state index in [1.807, 2.05) is 0 Å². The van der Waals surface area contributed by atoms with Gasteiger partial charge in [-0.05, 0) is 6.92 Å². The summed E-state index contributed by atoms with van der Waals surface area (Å²) in [5.74, 6) is 0.918. The van der Waals surface area contributed by atoms with Crippen LogP contribution in [0.4, 0.5) is 5.82 Å². The van der Waals surface area contributed by atoms with Gasteiger partial charge >= 0.3 is 0 Å². The van der Waals surface area contributed by atoms with Gasteiger partial charge in [-0.3, -0.25) is 4.79 Å². The Morgan fingerprint density at radius 3 is 2.71 bits per heavy atom. The molecule has 1 rings (SSSR count). The second-order valence-corrected chi connectivity index (χ2v) is 3.35. The fourth-order valence-electron chi connectivity index (χ4n) is 1.21. The Balaban J connectivity index is 2.84. The minimum absolute atomic E-state index is 0.239. The van der Waals surface area contributed by atoms with Crippen molar-refractivity contribution >= 4 is 11.7 Å². The van der Waals surface area contributed by atoms with Crippen LogP contribution in [-0.2, 0) is 0 Å². The van der Waals surface area contributed by atoms with Gasteiger partial charge in [0.2, 0.25) is 0 Å². The molecule has 1 heterocycles. The number of aryl methyl sites for hydroxylation is 1. The highest BCUT2D eigenvalue weighted by Gasteiger charge is 2.08. The van der Waals surface area contributed by atoms with Crippen LogP contribution in [0.15, 0.2) is 31.4 Å². The number of nitrogens with one attached hydrogen (secondary N) is 2. The summed E-state index contributed by atoms with van der Waals surface area (Å²) >= 11 is 0. The molecular weight excluding hydrogens is 216 g/mol. The molecule has 0 spiro atoms. The number of hydrogen-bond donors (Lipinski definition) is 2. The summed E-state index contributed by atoms with van der Waals surface area (Å²) in [5.41, 5.74) is 0.339. The zero-order valence-electron chi connectivity index (χ0n) is 9.86. The monoisotopic (exact) mass is 232 g/mol. The summed E-state index contributed by atoms with van der Waals surface area (Å²) in [6, 6.07) is 1.61. The maximum atomic E-state index is 11.7. The molecule has 5 heteroatoms. The van der Waals surface area contributed by atoms with E-state index in [4.69, 9.17) is 0 Å². The largest absolute Gasteiger partial charge is 0.366 e. The Hall–Kier alpha value is -2.17. The first kappa shape index (κ1) is 12.9. The molecule has 0 unspecified atom stereocenters. The van der Waals surface area contributed by atoms with Crippen molar-refractivity contribution in [2.45, 2.75) is 6.92 Å². The van der Waals surface area contributed by atoms with E-state index in [1.165, 1.54) is 0 Å². The number of carbonyl (C=O) groups excluding carboxylic acids is 1. The molecular formula is C12H16N4O. The molecule has 0 aliphatic carbocycles. The number of amides is 1. The molecule has 90 valence electrons. The molecule has 0 radical (unpaired) electrons. The van der Waals surface area contributed by atoms with Crippen molar-refractivity contribution in [2.24, 2.45) is 0 Å². The fourth-order valence-corrected chi connectivity index (χ4v) is 1.21.